The Bertz CT molecular complexity index is 825. The van der Waals surface area contributed by atoms with E-state index in [1.165, 1.54) is 4.90 Å². The highest BCUT2D eigenvalue weighted by Gasteiger charge is 2.66. The fraction of sp³-hybridized carbons (Fsp3) is 0.500. The Kier molecular flexibility index (Phi) is 3.74. The van der Waals surface area contributed by atoms with Crippen molar-refractivity contribution >= 4 is 23.4 Å². The van der Waals surface area contributed by atoms with Crippen molar-refractivity contribution in [1.82, 2.24) is 4.90 Å². The van der Waals surface area contributed by atoms with Gasteiger partial charge in [0.2, 0.25) is 17.7 Å². The minimum atomic E-state index is -0.180. The molecule has 1 aromatic carbocycles. The van der Waals surface area contributed by atoms with Crippen LogP contribution in [0.1, 0.15) is 25.3 Å². The summed E-state index contributed by atoms with van der Waals surface area (Å²) >= 11 is 0. The largest absolute Gasteiger partial charge is 0.326 e. The number of rotatable bonds is 5. The molecule has 3 fully saturated rings. The molecule has 0 radical (unpaired) electrons. The molecule has 1 saturated heterocycles. The summed E-state index contributed by atoms with van der Waals surface area (Å²) in [6, 6.07) is 7.71. The van der Waals surface area contributed by atoms with Crippen molar-refractivity contribution in [3.8, 4) is 0 Å². The van der Waals surface area contributed by atoms with E-state index < -0.39 is 0 Å². The Balaban J connectivity index is 1.25. The van der Waals surface area contributed by atoms with Gasteiger partial charge in [-0.25, -0.2) is 0 Å². The topological polar surface area (TPSA) is 66.5 Å². The molecule has 3 amide bonds. The molecular formula is C22H24N2O3. The van der Waals surface area contributed by atoms with Gasteiger partial charge in [0.1, 0.15) is 0 Å². The highest BCUT2D eigenvalue weighted by Crippen LogP contribution is 2.65. The lowest BCUT2D eigenvalue weighted by atomic mass is 9.63. The molecule has 140 valence electrons. The van der Waals surface area contributed by atoms with Crippen molar-refractivity contribution in [2.75, 3.05) is 11.9 Å². The highest BCUT2D eigenvalue weighted by molar-refractivity contribution is 6.06. The minimum absolute atomic E-state index is 0.0588. The van der Waals surface area contributed by atoms with Gasteiger partial charge in [0.05, 0.1) is 11.8 Å². The molecule has 0 unspecified atom stereocenters. The number of para-hydroxylation sites is 1. The lowest BCUT2D eigenvalue weighted by molar-refractivity contribution is -0.140. The lowest BCUT2D eigenvalue weighted by Crippen LogP contribution is -2.40. The molecule has 6 atom stereocenters. The third-order valence-electron chi connectivity index (χ3n) is 6.99. The summed E-state index contributed by atoms with van der Waals surface area (Å²) in [6.45, 7) is 2.22. The number of aryl methyl sites for hydroxylation is 1. The van der Waals surface area contributed by atoms with Crippen molar-refractivity contribution in [3.63, 3.8) is 0 Å². The summed E-state index contributed by atoms with van der Waals surface area (Å²) in [6.07, 6.45) is 6.48. The van der Waals surface area contributed by atoms with Gasteiger partial charge in [-0.1, -0.05) is 37.3 Å². The number of anilines is 1. The van der Waals surface area contributed by atoms with Crippen LogP contribution in [0.3, 0.4) is 0 Å². The zero-order valence-electron chi connectivity index (χ0n) is 15.4. The van der Waals surface area contributed by atoms with Gasteiger partial charge in [0, 0.05) is 18.7 Å². The Morgan fingerprint density at radius 3 is 2.33 bits per heavy atom. The van der Waals surface area contributed by atoms with Crippen molar-refractivity contribution in [1.29, 1.82) is 0 Å². The van der Waals surface area contributed by atoms with E-state index >= 15 is 0 Å². The molecule has 0 aromatic heterocycles. The molecule has 1 aliphatic heterocycles. The number of allylic oxidation sites excluding steroid dienone is 2. The van der Waals surface area contributed by atoms with Gasteiger partial charge in [0.15, 0.2) is 0 Å². The number of hydrogen-bond acceptors (Lipinski definition) is 3. The average molecular weight is 364 g/mol. The Morgan fingerprint density at radius 2 is 1.70 bits per heavy atom. The summed E-state index contributed by atoms with van der Waals surface area (Å²) in [5.41, 5.74) is 1.88. The summed E-state index contributed by atoms with van der Waals surface area (Å²) in [4.78, 5) is 39.6. The van der Waals surface area contributed by atoms with Crippen molar-refractivity contribution in [2.24, 2.45) is 35.5 Å². The Labute approximate surface area is 158 Å². The molecule has 1 N–H and O–H groups in total. The minimum Gasteiger partial charge on any atom is -0.326 e. The molecule has 5 nitrogen and oxygen atoms in total. The smallest absolute Gasteiger partial charge is 0.233 e. The fourth-order valence-corrected chi connectivity index (χ4v) is 5.62. The van der Waals surface area contributed by atoms with Gasteiger partial charge >= 0.3 is 0 Å². The quantitative estimate of drug-likeness (QED) is 0.645. The molecule has 0 spiro atoms. The number of carbonyl (C=O) groups excluding carboxylic acids is 3. The third kappa shape index (κ3) is 2.47. The number of nitrogens with zero attached hydrogens (tertiary/aromatic N) is 1. The summed E-state index contributed by atoms with van der Waals surface area (Å²) in [5, 5.41) is 2.92. The summed E-state index contributed by atoms with van der Waals surface area (Å²) in [5.74, 6) is 1.04. The predicted molar refractivity (Wildman–Crippen MR) is 100 cm³/mol. The van der Waals surface area contributed by atoms with Crippen LogP contribution in [0.25, 0.3) is 0 Å². The first-order valence-corrected chi connectivity index (χ1v) is 10.0. The third-order valence-corrected chi connectivity index (χ3v) is 6.99. The van der Waals surface area contributed by atoms with Gasteiger partial charge in [0.25, 0.3) is 0 Å². The monoisotopic (exact) mass is 364 g/mol. The fourth-order valence-electron chi connectivity index (χ4n) is 5.62. The number of nitrogens with one attached hydrogen (secondary N) is 1. The first kappa shape index (κ1) is 16.7. The highest BCUT2D eigenvalue weighted by atomic mass is 16.2. The van der Waals surface area contributed by atoms with E-state index in [0.717, 1.165) is 24.1 Å². The van der Waals surface area contributed by atoms with E-state index in [2.05, 4.69) is 17.5 Å². The first-order valence-electron chi connectivity index (χ1n) is 10.0. The number of likely N-dealkylation sites (tertiary alicyclic amines) is 1. The van der Waals surface area contributed by atoms with E-state index in [0.29, 0.717) is 11.8 Å². The normalized spacial score (nSPS) is 35.2. The summed E-state index contributed by atoms with van der Waals surface area (Å²) < 4.78 is 0. The number of benzene rings is 1. The van der Waals surface area contributed by atoms with E-state index in [-0.39, 0.29) is 54.4 Å². The van der Waals surface area contributed by atoms with Gasteiger partial charge in [-0.05, 0) is 48.1 Å². The molecule has 2 bridgehead atoms. The SMILES string of the molecule is CCc1ccccc1NC(=O)CCN1C(=O)[C@@H]2[C@H]3C=C[C@@H]([C@@H]4C[C@H]34)[C@@H]2C1=O. The van der Waals surface area contributed by atoms with Crippen molar-refractivity contribution in [3.05, 3.63) is 42.0 Å². The lowest BCUT2D eigenvalue weighted by Gasteiger charge is -2.37. The molecule has 2 saturated carbocycles. The second-order valence-corrected chi connectivity index (χ2v) is 8.29. The van der Waals surface area contributed by atoms with Gasteiger partial charge in [-0.3, -0.25) is 19.3 Å². The summed E-state index contributed by atoms with van der Waals surface area (Å²) in [7, 11) is 0. The van der Waals surface area contributed by atoms with Crippen LogP contribution in [0, 0.1) is 35.5 Å². The maximum Gasteiger partial charge on any atom is 0.233 e. The second-order valence-electron chi connectivity index (χ2n) is 8.29. The first-order chi connectivity index (χ1) is 13.1. The maximum atomic E-state index is 12.9. The van der Waals surface area contributed by atoms with E-state index in [1.54, 1.807) is 0 Å². The Morgan fingerprint density at radius 1 is 1.07 bits per heavy atom. The predicted octanol–water partition coefficient (Wildman–Crippen LogP) is 2.63. The van der Waals surface area contributed by atoms with Gasteiger partial charge in [-0.15, -0.1) is 0 Å². The molecule has 1 heterocycles. The van der Waals surface area contributed by atoms with Crippen LogP contribution in [0.15, 0.2) is 36.4 Å². The van der Waals surface area contributed by atoms with E-state index in [9.17, 15) is 14.4 Å². The second kappa shape index (κ2) is 6.04. The standard InChI is InChI=1S/C22H24N2O3/c1-2-12-5-3-4-6-17(12)23-18(25)9-10-24-21(26)19-13-7-8-14(16-11-15(13)16)20(19)22(24)27/h3-8,13-16,19-20H,2,9-11H2,1H3,(H,23,25)/t13-,14-,15-,16+,19-,20+/m0/s1. The van der Waals surface area contributed by atoms with Crippen LogP contribution < -0.4 is 5.32 Å². The van der Waals surface area contributed by atoms with Crippen molar-refractivity contribution in [2.45, 2.75) is 26.2 Å². The zero-order chi connectivity index (χ0) is 18.7. The van der Waals surface area contributed by atoms with Crippen LogP contribution in [-0.2, 0) is 20.8 Å². The van der Waals surface area contributed by atoms with Crippen LogP contribution in [0.4, 0.5) is 5.69 Å². The number of carbonyl (C=O) groups is 3. The number of imide groups is 1. The average Bonchev–Trinajstić information content (AvgIpc) is 3.46. The molecule has 5 aliphatic rings. The van der Waals surface area contributed by atoms with Crippen LogP contribution in [0.2, 0.25) is 0 Å². The maximum absolute atomic E-state index is 12.9. The van der Waals surface area contributed by atoms with Gasteiger partial charge < -0.3 is 5.32 Å². The molecule has 1 aromatic rings. The van der Waals surface area contributed by atoms with Crippen LogP contribution >= 0.6 is 0 Å². The molecule has 4 aliphatic carbocycles. The molecular weight excluding hydrogens is 340 g/mol. The van der Waals surface area contributed by atoms with Crippen molar-refractivity contribution < 1.29 is 14.4 Å². The van der Waals surface area contributed by atoms with E-state index in [1.807, 2.05) is 31.2 Å². The molecule has 27 heavy (non-hydrogen) atoms. The Hall–Kier alpha value is -2.43. The zero-order valence-corrected chi connectivity index (χ0v) is 15.4. The van der Waals surface area contributed by atoms with E-state index in [4.69, 9.17) is 0 Å². The van der Waals surface area contributed by atoms with Gasteiger partial charge in [-0.2, -0.15) is 0 Å². The number of hydrogen-bond donors (Lipinski definition) is 1. The van der Waals surface area contributed by atoms with Crippen LogP contribution in [0.5, 0.6) is 0 Å². The number of amides is 3. The molecule has 5 heteroatoms. The molecule has 6 rings (SSSR count). The van der Waals surface area contributed by atoms with Crippen LogP contribution in [-0.4, -0.2) is 29.2 Å².